The van der Waals surface area contributed by atoms with E-state index in [4.69, 9.17) is 0 Å². The summed E-state index contributed by atoms with van der Waals surface area (Å²) in [7, 11) is 0. The van der Waals surface area contributed by atoms with Gasteiger partial charge in [0, 0.05) is 17.2 Å². The molecule has 0 spiro atoms. The molecular weight excluding hydrogens is 224 g/mol. The lowest BCUT2D eigenvalue weighted by atomic mass is 10.0. The first kappa shape index (κ1) is 13.3. The van der Waals surface area contributed by atoms with Crippen molar-refractivity contribution >= 4 is 0 Å². The number of nitrogens with one attached hydrogen (secondary N) is 1. The summed E-state index contributed by atoms with van der Waals surface area (Å²) in [5.74, 6) is 2.42. The van der Waals surface area contributed by atoms with E-state index in [2.05, 4.69) is 16.9 Å². The number of aromatic amines is 1. The van der Waals surface area contributed by atoms with Gasteiger partial charge in [-0.15, -0.1) is 0 Å². The molecule has 3 heteroatoms. The van der Waals surface area contributed by atoms with E-state index in [0.717, 1.165) is 23.0 Å². The van der Waals surface area contributed by atoms with Gasteiger partial charge in [0.15, 0.2) is 0 Å². The zero-order valence-electron chi connectivity index (χ0n) is 11.9. The Morgan fingerprint density at radius 2 is 2.11 bits per heavy atom. The lowest BCUT2D eigenvalue weighted by Gasteiger charge is -2.13. The SMILES string of the molecule is CCC1CCC(c2nc(C)c(C(C)C)c(=O)[nH]2)C1. The molecular formula is C15H24N2O. The van der Waals surface area contributed by atoms with Gasteiger partial charge in [-0.2, -0.15) is 0 Å². The third-order valence-corrected chi connectivity index (χ3v) is 4.25. The van der Waals surface area contributed by atoms with Gasteiger partial charge >= 0.3 is 0 Å². The Balaban J connectivity index is 2.29. The molecule has 1 aliphatic rings. The van der Waals surface area contributed by atoms with Crippen LogP contribution in [-0.4, -0.2) is 9.97 Å². The lowest BCUT2D eigenvalue weighted by molar-refractivity contribution is 0.515. The van der Waals surface area contributed by atoms with Crippen LogP contribution in [-0.2, 0) is 0 Å². The van der Waals surface area contributed by atoms with Crippen LogP contribution in [0.4, 0.5) is 0 Å². The molecule has 2 unspecified atom stereocenters. The summed E-state index contributed by atoms with van der Waals surface area (Å²) in [4.78, 5) is 19.8. The van der Waals surface area contributed by atoms with Gasteiger partial charge in [0.1, 0.15) is 5.82 Å². The Hall–Kier alpha value is -1.12. The molecule has 1 fully saturated rings. The van der Waals surface area contributed by atoms with Crippen molar-refractivity contribution in [3.05, 3.63) is 27.4 Å². The van der Waals surface area contributed by atoms with Gasteiger partial charge in [0.25, 0.3) is 5.56 Å². The molecule has 1 N–H and O–H groups in total. The molecule has 3 nitrogen and oxygen atoms in total. The predicted octanol–water partition coefficient (Wildman–Crippen LogP) is 3.50. The van der Waals surface area contributed by atoms with Crippen molar-refractivity contribution < 1.29 is 0 Å². The van der Waals surface area contributed by atoms with E-state index in [1.165, 1.54) is 25.7 Å². The summed E-state index contributed by atoms with van der Waals surface area (Å²) >= 11 is 0. The second-order valence-electron chi connectivity index (χ2n) is 5.89. The first-order chi connectivity index (χ1) is 8.52. The van der Waals surface area contributed by atoms with E-state index in [0.29, 0.717) is 5.92 Å². The number of aromatic nitrogens is 2. The van der Waals surface area contributed by atoms with Gasteiger partial charge in [-0.25, -0.2) is 4.98 Å². The molecule has 1 aliphatic carbocycles. The van der Waals surface area contributed by atoms with Crippen LogP contribution in [0.2, 0.25) is 0 Å². The summed E-state index contributed by atoms with van der Waals surface area (Å²) in [6.07, 6.45) is 4.86. The van der Waals surface area contributed by atoms with Crippen molar-refractivity contribution in [3.63, 3.8) is 0 Å². The molecule has 2 atom stereocenters. The Kier molecular flexibility index (Phi) is 3.88. The van der Waals surface area contributed by atoms with Crippen molar-refractivity contribution in [1.82, 2.24) is 9.97 Å². The molecule has 1 saturated carbocycles. The van der Waals surface area contributed by atoms with Gasteiger partial charge in [0.05, 0.1) is 0 Å². The second kappa shape index (κ2) is 5.25. The number of rotatable bonds is 3. The number of aryl methyl sites for hydroxylation is 1. The minimum atomic E-state index is 0.0625. The molecule has 1 aromatic heterocycles. The van der Waals surface area contributed by atoms with Crippen molar-refractivity contribution in [3.8, 4) is 0 Å². The highest BCUT2D eigenvalue weighted by molar-refractivity contribution is 5.21. The summed E-state index contributed by atoms with van der Waals surface area (Å²) in [5, 5.41) is 0. The van der Waals surface area contributed by atoms with Crippen molar-refractivity contribution in [2.24, 2.45) is 5.92 Å². The van der Waals surface area contributed by atoms with Crippen LogP contribution in [0.5, 0.6) is 0 Å². The monoisotopic (exact) mass is 248 g/mol. The maximum atomic E-state index is 12.1. The largest absolute Gasteiger partial charge is 0.310 e. The van der Waals surface area contributed by atoms with Crippen LogP contribution in [0.15, 0.2) is 4.79 Å². The zero-order chi connectivity index (χ0) is 13.3. The van der Waals surface area contributed by atoms with Gasteiger partial charge in [-0.1, -0.05) is 27.2 Å². The van der Waals surface area contributed by atoms with E-state index in [1.807, 2.05) is 20.8 Å². The molecule has 0 bridgehead atoms. The van der Waals surface area contributed by atoms with E-state index >= 15 is 0 Å². The molecule has 100 valence electrons. The second-order valence-corrected chi connectivity index (χ2v) is 5.89. The van der Waals surface area contributed by atoms with Crippen LogP contribution in [0.25, 0.3) is 0 Å². The van der Waals surface area contributed by atoms with Crippen molar-refractivity contribution in [2.45, 2.75) is 65.2 Å². The first-order valence-electron chi connectivity index (χ1n) is 7.13. The Bertz CT molecular complexity index is 476. The highest BCUT2D eigenvalue weighted by Crippen LogP contribution is 2.38. The van der Waals surface area contributed by atoms with Crippen LogP contribution in [0.3, 0.4) is 0 Å². The minimum absolute atomic E-state index is 0.0625. The van der Waals surface area contributed by atoms with Crippen LogP contribution < -0.4 is 5.56 Å². The van der Waals surface area contributed by atoms with Gasteiger partial charge in [0.2, 0.25) is 0 Å². The van der Waals surface area contributed by atoms with Gasteiger partial charge in [-0.05, 0) is 38.0 Å². The van der Waals surface area contributed by atoms with E-state index < -0.39 is 0 Å². The average Bonchev–Trinajstić information content (AvgIpc) is 2.75. The van der Waals surface area contributed by atoms with Crippen molar-refractivity contribution in [1.29, 1.82) is 0 Å². The number of hydrogen-bond donors (Lipinski definition) is 1. The molecule has 0 aromatic carbocycles. The molecule has 0 saturated heterocycles. The highest BCUT2D eigenvalue weighted by Gasteiger charge is 2.27. The van der Waals surface area contributed by atoms with Crippen LogP contribution in [0, 0.1) is 12.8 Å². The lowest BCUT2D eigenvalue weighted by Crippen LogP contribution is -2.21. The molecule has 18 heavy (non-hydrogen) atoms. The Labute approximate surface area is 109 Å². The highest BCUT2D eigenvalue weighted by atomic mass is 16.1. The zero-order valence-corrected chi connectivity index (χ0v) is 11.9. The number of hydrogen-bond acceptors (Lipinski definition) is 2. The summed E-state index contributed by atoms with van der Waals surface area (Å²) < 4.78 is 0. The Morgan fingerprint density at radius 3 is 2.61 bits per heavy atom. The average molecular weight is 248 g/mol. The number of nitrogens with zero attached hydrogens (tertiary/aromatic N) is 1. The van der Waals surface area contributed by atoms with E-state index in [9.17, 15) is 4.79 Å². The molecule has 0 radical (unpaired) electrons. The fourth-order valence-corrected chi connectivity index (χ4v) is 3.18. The molecule has 1 heterocycles. The van der Waals surface area contributed by atoms with Crippen LogP contribution >= 0.6 is 0 Å². The molecule has 2 rings (SSSR count). The third-order valence-electron chi connectivity index (χ3n) is 4.25. The fourth-order valence-electron chi connectivity index (χ4n) is 3.18. The standard InChI is InChI=1S/C15H24N2O/c1-5-11-6-7-12(8-11)14-16-10(4)13(9(2)3)15(18)17-14/h9,11-12H,5-8H2,1-4H3,(H,16,17,18). The Morgan fingerprint density at radius 1 is 1.39 bits per heavy atom. The summed E-state index contributed by atoms with van der Waals surface area (Å²) in [6, 6.07) is 0. The quantitative estimate of drug-likeness (QED) is 0.890. The number of H-pyrrole nitrogens is 1. The fraction of sp³-hybridized carbons (Fsp3) is 0.733. The molecule has 0 aliphatic heterocycles. The van der Waals surface area contributed by atoms with Crippen LogP contribution in [0.1, 0.15) is 75.4 Å². The predicted molar refractivity (Wildman–Crippen MR) is 74.1 cm³/mol. The van der Waals surface area contributed by atoms with Crippen molar-refractivity contribution in [2.75, 3.05) is 0 Å². The molecule has 1 aromatic rings. The molecule has 0 amide bonds. The van der Waals surface area contributed by atoms with Gasteiger partial charge < -0.3 is 4.98 Å². The summed E-state index contributed by atoms with van der Waals surface area (Å²) in [5.41, 5.74) is 1.81. The van der Waals surface area contributed by atoms with Gasteiger partial charge in [-0.3, -0.25) is 4.79 Å². The van der Waals surface area contributed by atoms with E-state index in [1.54, 1.807) is 0 Å². The smallest absolute Gasteiger partial charge is 0.254 e. The minimum Gasteiger partial charge on any atom is -0.310 e. The summed E-state index contributed by atoms with van der Waals surface area (Å²) in [6.45, 7) is 8.29. The maximum absolute atomic E-state index is 12.1. The topological polar surface area (TPSA) is 45.8 Å². The first-order valence-corrected chi connectivity index (χ1v) is 7.13. The maximum Gasteiger partial charge on any atom is 0.254 e. The third kappa shape index (κ3) is 2.50. The van der Waals surface area contributed by atoms with E-state index in [-0.39, 0.29) is 11.5 Å². The normalized spacial score (nSPS) is 23.8.